The number of aryl methyl sites for hydroxylation is 2. The number of hydrogen-bond acceptors (Lipinski definition) is 2. The molecule has 0 heterocycles. The summed E-state index contributed by atoms with van der Waals surface area (Å²) >= 11 is 0. The summed E-state index contributed by atoms with van der Waals surface area (Å²) in [5.74, 6) is 0.517. The van der Waals surface area contributed by atoms with Gasteiger partial charge in [0.25, 0.3) is 0 Å². The molecule has 0 aliphatic carbocycles. The van der Waals surface area contributed by atoms with Crippen molar-refractivity contribution >= 4 is 34.1 Å². The van der Waals surface area contributed by atoms with Crippen molar-refractivity contribution in [3.05, 3.63) is 144 Å². The molecule has 5 rings (SSSR count). The van der Waals surface area contributed by atoms with Crippen molar-refractivity contribution in [1.29, 1.82) is 0 Å². The second kappa shape index (κ2) is 11.4. The first-order valence-electron chi connectivity index (χ1n) is 13.5. The highest BCUT2D eigenvalue weighted by molar-refractivity contribution is 5.84. The van der Waals surface area contributed by atoms with Crippen molar-refractivity contribution in [2.24, 2.45) is 0 Å². The Balaban J connectivity index is 1.67. The van der Waals surface area contributed by atoms with E-state index in [0.717, 1.165) is 23.5 Å². The average Bonchev–Trinajstić information content (AvgIpc) is 2.97. The second-order valence-electron chi connectivity index (χ2n) is 10.0. The van der Waals surface area contributed by atoms with Gasteiger partial charge in [0.1, 0.15) is 0 Å². The van der Waals surface area contributed by atoms with E-state index >= 15 is 0 Å². The normalized spacial score (nSPS) is 11.7. The third-order valence-electron chi connectivity index (χ3n) is 7.35. The lowest BCUT2D eigenvalue weighted by Crippen LogP contribution is -2.15. The molecule has 0 saturated carbocycles. The van der Waals surface area contributed by atoms with Gasteiger partial charge in [-0.1, -0.05) is 80.6 Å². The van der Waals surface area contributed by atoms with Crippen LogP contribution in [0.1, 0.15) is 42.9 Å². The molecule has 0 radical (unpaired) electrons. The SMILES string of the molecule is CCC(C)c1cccc(N(c2ccccc2)c2cc(C)c(N(c3ccccc3)c3ccccc3)cc2C)c1. The fourth-order valence-electron chi connectivity index (χ4n) is 5.06. The lowest BCUT2D eigenvalue weighted by Gasteiger charge is -2.31. The molecule has 2 nitrogen and oxygen atoms in total. The molecule has 0 spiro atoms. The van der Waals surface area contributed by atoms with Crippen molar-refractivity contribution in [1.82, 2.24) is 0 Å². The maximum atomic E-state index is 2.40. The van der Waals surface area contributed by atoms with E-state index in [9.17, 15) is 0 Å². The van der Waals surface area contributed by atoms with Crippen molar-refractivity contribution in [2.45, 2.75) is 40.0 Å². The maximum absolute atomic E-state index is 2.40. The summed E-state index contributed by atoms with van der Waals surface area (Å²) in [5, 5.41) is 0. The van der Waals surface area contributed by atoms with Crippen LogP contribution >= 0.6 is 0 Å². The number of nitrogens with zero attached hydrogens (tertiary/aromatic N) is 2. The van der Waals surface area contributed by atoms with E-state index in [1.54, 1.807) is 0 Å². The summed E-state index contributed by atoms with van der Waals surface area (Å²) in [6.07, 6.45) is 1.12. The molecule has 0 aliphatic rings. The number of rotatable bonds is 8. The van der Waals surface area contributed by atoms with Crippen LogP contribution < -0.4 is 9.80 Å². The van der Waals surface area contributed by atoms with E-state index in [-0.39, 0.29) is 0 Å². The van der Waals surface area contributed by atoms with Crippen molar-refractivity contribution in [3.8, 4) is 0 Å². The van der Waals surface area contributed by atoms with Crippen molar-refractivity contribution in [2.75, 3.05) is 9.80 Å². The zero-order valence-corrected chi connectivity index (χ0v) is 22.8. The Labute approximate surface area is 227 Å². The van der Waals surface area contributed by atoms with Crippen molar-refractivity contribution in [3.63, 3.8) is 0 Å². The topological polar surface area (TPSA) is 6.48 Å². The van der Waals surface area contributed by atoms with Gasteiger partial charge in [-0.05, 0) is 104 Å². The van der Waals surface area contributed by atoms with E-state index in [0.29, 0.717) is 5.92 Å². The third-order valence-corrected chi connectivity index (χ3v) is 7.35. The molecule has 0 aliphatic heterocycles. The number of hydrogen-bond donors (Lipinski definition) is 0. The summed E-state index contributed by atoms with van der Waals surface area (Å²) in [5.41, 5.74) is 10.8. The Morgan fingerprint density at radius 1 is 0.500 bits per heavy atom. The Hall–Kier alpha value is -4.30. The van der Waals surface area contributed by atoms with Gasteiger partial charge in [-0.2, -0.15) is 0 Å². The monoisotopic (exact) mass is 496 g/mol. The van der Waals surface area contributed by atoms with Gasteiger partial charge in [0.2, 0.25) is 0 Å². The fourth-order valence-corrected chi connectivity index (χ4v) is 5.06. The number of anilines is 6. The molecular weight excluding hydrogens is 460 g/mol. The van der Waals surface area contributed by atoms with Crippen LogP contribution in [-0.2, 0) is 0 Å². The minimum Gasteiger partial charge on any atom is -0.310 e. The summed E-state index contributed by atoms with van der Waals surface area (Å²) in [7, 11) is 0. The minimum atomic E-state index is 0.517. The molecule has 0 aromatic heterocycles. The molecule has 1 unspecified atom stereocenters. The van der Waals surface area contributed by atoms with E-state index in [1.165, 1.54) is 33.8 Å². The van der Waals surface area contributed by atoms with Crippen molar-refractivity contribution < 1.29 is 0 Å². The lowest BCUT2D eigenvalue weighted by molar-refractivity contribution is 0.733. The van der Waals surface area contributed by atoms with Crippen LogP contribution in [0.3, 0.4) is 0 Å². The molecule has 0 N–H and O–H groups in total. The summed E-state index contributed by atoms with van der Waals surface area (Å²) in [6, 6.07) is 45.6. The first-order valence-corrected chi connectivity index (χ1v) is 13.5. The molecule has 2 heteroatoms. The highest BCUT2D eigenvalue weighted by Crippen LogP contribution is 2.43. The van der Waals surface area contributed by atoms with Crippen LogP contribution in [0.5, 0.6) is 0 Å². The first kappa shape index (κ1) is 25.4. The summed E-state index contributed by atoms with van der Waals surface area (Å²) in [4.78, 5) is 4.75. The second-order valence-corrected chi connectivity index (χ2v) is 10.0. The average molecular weight is 497 g/mol. The largest absolute Gasteiger partial charge is 0.310 e. The van der Waals surface area contributed by atoms with Gasteiger partial charge in [0.05, 0.1) is 0 Å². The predicted octanol–water partition coefficient (Wildman–Crippen LogP) is 10.8. The number of para-hydroxylation sites is 3. The smallest absolute Gasteiger partial charge is 0.0494 e. The number of benzene rings is 5. The van der Waals surface area contributed by atoms with Gasteiger partial charge in [-0.3, -0.25) is 0 Å². The molecule has 0 amide bonds. The molecule has 0 saturated heterocycles. The zero-order chi connectivity index (χ0) is 26.5. The van der Waals surface area contributed by atoms with Crippen LogP contribution in [0.25, 0.3) is 0 Å². The minimum absolute atomic E-state index is 0.517. The highest BCUT2D eigenvalue weighted by Gasteiger charge is 2.20. The van der Waals surface area contributed by atoms with E-state index < -0.39 is 0 Å². The summed E-state index contributed by atoms with van der Waals surface area (Å²) in [6.45, 7) is 9.00. The van der Waals surface area contributed by atoms with Crippen LogP contribution in [0.4, 0.5) is 34.1 Å². The first-order chi connectivity index (χ1) is 18.6. The molecule has 5 aromatic carbocycles. The lowest BCUT2D eigenvalue weighted by atomic mass is 9.97. The van der Waals surface area contributed by atoms with Crippen LogP contribution in [0, 0.1) is 13.8 Å². The molecule has 38 heavy (non-hydrogen) atoms. The highest BCUT2D eigenvalue weighted by atomic mass is 15.2. The van der Waals surface area contributed by atoms with Crippen LogP contribution in [0.15, 0.2) is 127 Å². The van der Waals surface area contributed by atoms with Crippen LogP contribution in [-0.4, -0.2) is 0 Å². The standard InChI is InChI=1S/C36H36N2/c1-5-27(2)30-16-15-23-34(26-30)38(33-21-13-8-14-22-33)36-25-28(3)35(24-29(36)4)37(31-17-9-6-10-18-31)32-19-11-7-12-20-32/h6-27H,5H2,1-4H3. The molecule has 0 bridgehead atoms. The van der Waals surface area contributed by atoms with E-state index in [1.807, 2.05) is 0 Å². The van der Waals surface area contributed by atoms with Gasteiger partial charge < -0.3 is 9.80 Å². The molecule has 0 fully saturated rings. The van der Waals surface area contributed by atoms with Gasteiger partial charge in [0.15, 0.2) is 0 Å². The molecule has 1 atom stereocenters. The quantitative estimate of drug-likeness (QED) is 0.211. The predicted molar refractivity (Wildman–Crippen MR) is 164 cm³/mol. The Morgan fingerprint density at radius 3 is 1.32 bits per heavy atom. The van der Waals surface area contributed by atoms with E-state index in [2.05, 4.69) is 165 Å². The van der Waals surface area contributed by atoms with E-state index in [4.69, 9.17) is 0 Å². The summed E-state index contributed by atoms with van der Waals surface area (Å²) < 4.78 is 0. The molecule has 190 valence electrons. The zero-order valence-electron chi connectivity index (χ0n) is 22.8. The maximum Gasteiger partial charge on any atom is 0.0494 e. The third kappa shape index (κ3) is 5.21. The van der Waals surface area contributed by atoms with Gasteiger partial charge >= 0.3 is 0 Å². The van der Waals surface area contributed by atoms with Gasteiger partial charge in [0, 0.05) is 34.1 Å². The van der Waals surface area contributed by atoms with Crippen LogP contribution in [0.2, 0.25) is 0 Å². The Morgan fingerprint density at radius 2 is 0.895 bits per heavy atom. The molecule has 5 aromatic rings. The fraction of sp³-hybridized carbons (Fsp3) is 0.167. The Kier molecular flexibility index (Phi) is 7.60. The Bertz CT molecular complexity index is 1440. The molecular formula is C36H36N2. The van der Waals surface area contributed by atoms with Gasteiger partial charge in [-0.25, -0.2) is 0 Å². The van der Waals surface area contributed by atoms with Gasteiger partial charge in [-0.15, -0.1) is 0 Å².